The van der Waals surface area contributed by atoms with Gasteiger partial charge in [0.1, 0.15) is 5.75 Å². The zero-order valence-electron chi connectivity index (χ0n) is 19.2. The lowest BCUT2D eigenvalue weighted by atomic mass is 10.1. The Kier molecular flexibility index (Phi) is 8.94. The number of amides is 2. The molecule has 0 saturated carbocycles. The molecule has 6 nitrogen and oxygen atoms in total. The van der Waals surface area contributed by atoms with Crippen molar-refractivity contribution in [3.63, 3.8) is 0 Å². The maximum atomic E-state index is 13.3. The fourth-order valence-corrected chi connectivity index (χ4v) is 3.51. The molecular formula is C27H27N3O3S. The summed E-state index contributed by atoms with van der Waals surface area (Å²) >= 11 is 5.30. The van der Waals surface area contributed by atoms with E-state index in [-0.39, 0.29) is 16.9 Å². The second kappa shape index (κ2) is 12.3. The van der Waals surface area contributed by atoms with Crippen molar-refractivity contribution >= 4 is 46.6 Å². The average Bonchev–Trinajstić information content (AvgIpc) is 2.85. The summed E-state index contributed by atoms with van der Waals surface area (Å²) in [5, 5.41) is 5.69. The molecule has 2 N–H and O–H groups in total. The fraction of sp³-hybridized carbons (Fsp3) is 0.148. The SMILES string of the molecule is CCOc1ccc(/C=C/C(=O)NC(=S)Nc2ccccc2C(=O)N(CC)c2ccccc2)cc1. The highest BCUT2D eigenvalue weighted by atomic mass is 32.1. The summed E-state index contributed by atoms with van der Waals surface area (Å²) in [4.78, 5) is 27.3. The van der Waals surface area contributed by atoms with Crippen LogP contribution in [0.5, 0.6) is 5.75 Å². The van der Waals surface area contributed by atoms with E-state index in [9.17, 15) is 9.59 Å². The van der Waals surface area contributed by atoms with Crippen molar-refractivity contribution in [2.75, 3.05) is 23.4 Å². The molecule has 2 amide bonds. The number of nitrogens with zero attached hydrogens (tertiary/aromatic N) is 1. The molecule has 3 aromatic rings. The van der Waals surface area contributed by atoms with Gasteiger partial charge in [0, 0.05) is 18.3 Å². The first-order chi connectivity index (χ1) is 16.5. The van der Waals surface area contributed by atoms with Crippen LogP contribution in [-0.4, -0.2) is 30.1 Å². The first-order valence-corrected chi connectivity index (χ1v) is 11.4. The lowest BCUT2D eigenvalue weighted by Crippen LogP contribution is -2.35. The van der Waals surface area contributed by atoms with Gasteiger partial charge >= 0.3 is 0 Å². The molecule has 0 spiro atoms. The van der Waals surface area contributed by atoms with E-state index in [1.165, 1.54) is 6.08 Å². The topological polar surface area (TPSA) is 70.7 Å². The number of carbonyl (C=O) groups excluding carboxylic acids is 2. The van der Waals surface area contributed by atoms with Gasteiger partial charge in [-0.3, -0.25) is 14.9 Å². The number of rotatable bonds is 8. The van der Waals surface area contributed by atoms with E-state index in [0.717, 1.165) is 17.0 Å². The molecule has 0 aliphatic heterocycles. The summed E-state index contributed by atoms with van der Waals surface area (Å²) in [6.07, 6.45) is 3.08. The molecule has 7 heteroatoms. The van der Waals surface area contributed by atoms with Gasteiger partial charge in [0.2, 0.25) is 5.91 Å². The smallest absolute Gasteiger partial charge is 0.260 e. The zero-order valence-corrected chi connectivity index (χ0v) is 20.0. The standard InChI is InChI=1S/C27H27N3O3S/c1-3-30(21-10-6-5-7-11-21)26(32)23-12-8-9-13-24(23)28-27(34)29-25(31)19-16-20-14-17-22(18-15-20)33-4-2/h5-19H,3-4H2,1-2H3,(H2,28,29,31,34)/b19-16+. The third-order valence-electron chi connectivity index (χ3n) is 4.89. The Hall–Kier alpha value is -3.97. The number of para-hydroxylation sites is 2. The molecule has 0 aliphatic rings. The first-order valence-electron chi connectivity index (χ1n) is 11.0. The van der Waals surface area contributed by atoms with Crippen LogP contribution in [0.2, 0.25) is 0 Å². The van der Waals surface area contributed by atoms with Gasteiger partial charge in [-0.15, -0.1) is 0 Å². The fourth-order valence-electron chi connectivity index (χ4n) is 3.30. The van der Waals surface area contributed by atoms with Crippen LogP contribution in [0, 0.1) is 0 Å². The highest BCUT2D eigenvalue weighted by molar-refractivity contribution is 7.80. The van der Waals surface area contributed by atoms with Crippen LogP contribution in [0.15, 0.2) is 84.9 Å². The highest BCUT2D eigenvalue weighted by Crippen LogP contribution is 2.22. The number of benzene rings is 3. The molecule has 0 aromatic heterocycles. The largest absolute Gasteiger partial charge is 0.494 e. The Labute approximate surface area is 205 Å². The minimum Gasteiger partial charge on any atom is -0.494 e. The lowest BCUT2D eigenvalue weighted by molar-refractivity contribution is -0.115. The van der Waals surface area contributed by atoms with E-state index < -0.39 is 0 Å². The van der Waals surface area contributed by atoms with Crippen molar-refractivity contribution in [1.82, 2.24) is 5.32 Å². The number of carbonyl (C=O) groups is 2. The van der Waals surface area contributed by atoms with Crippen molar-refractivity contribution < 1.29 is 14.3 Å². The number of anilines is 2. The Morgan fingerprint density at radius 2 is 1.62 bits per heavy atom. The summed E-state index contributed by atoms with van der Waals surface area (Å²) < 4.78 is 5.41. The van der Waals surface area contributed by atoms with Crippen LogP contribution in [0.1, 0.15) is 29.8 Å². The quantitative estimate of drug-likeness (QED) is 0.344. The number of ether oxygens (including phenoxy) is 1. The Morgan fingerprint density at radius 3 is 2.29 bits per heavy atom. The van der Waals surface area contributed by atoms with E-state index in [1.807, 2.05) is 68.4 Å². The third kappa shape index (κ3) is 6.76. The first kappa shape index (κ1) is 24.7. The molecule has 0 bridgehead atoms. The van der Waals surface area contributed by atoms with E-state index in [0.29, 0.717) is 24.4 Å². The molecule has 3 rings (SSSR count). The predicted octanol–water partition coefficient (Wildman–Crippen LogP) is 5.28. The summed E-state index contributed by atoms with van der Waals surface area (Å²) in [6, 6.07) is 23.9. The van der Waals surface area contributed by atoms with Crippen molar-refractivity contribution in [1.29, 1.82) is 0 Å². The summed E-state index contributed by atoms with van der Waals surface area (Å²) in [6.45, 7) is 4.95. The molecule has 0 heterocycles. The Morgan fingerprint density at radius 1 is 0.941 bits per heavy atom. The van der Waals surface area contributed by atoms with E-state index >= 15 is 0 Å². The van der Waals surface area contributed by atoms with Gasteiger partial charge in [0.05, 0.1) is 17.9 Å². The molecule has 34 heavy (non-hydrogen) atoms. The molecule has 0 aliphatic carbocycles. The van der Waals surface area contributed by atoms with Crippen LogP contribution in [-0.2, 0) is 4.79 Å². The molecule has 0 saturated heterocycles. The summed E-state index contributed by atoms with van der Waals surface area (Å²) in [5.41, 5.74) is 2.63. The monoisotopic (exact) mass is 473 g/mol. The average molecular weight is 474 g/mol. The van der Waals surface area contributed by atoms with Crippen molar-refractivity contribution in [2.24, 2.45) is 0 Å². The minimum atomic E-state index is -0.380. The van der Waals surface area contributed by atoms with Crippen LogP contribution in [0.3, 0.4) is 0 Å². The van der Waals surface area contributed by atoms with Gasteiger partial charge in [-0.2, -0.15) is 0 Å². The third-order valence-corrected chi connectivity index (χ3v) is 5.09. The van der Waals surface area contributed by atoms with Crippen LogP contribution in [0.25, 0.3) is 6.08 Å². The summed E-state index contributed by atoms with van der Waals surface area (Å²) in [5.74, 6) is 0.229. The second-order valence-corrected chi connectivity index (χ2v) is 7.62. The zero-order chi connectivity index (χ0) is 24.3. The molecule has 0 fully saturated rings. The second-order valence-electron chi connectivity index (χ2n) is 7.21. The van der Waals surface area contributed by atoms with Crippen LogP contribution < -0.4 is 20.3 Å². The molecule has 0 atom stereocenters. The molecular weight excluding hydrogens is 446 g/mol. The number of hydrogen-bond acceptors (Lipinski definition) is 4. The van der Waals surface area contributed by atoms with Gasteiger partial charge in [-0.05, 0) is 74.1 Å². The van der Waals surface area contributed by atoms with Gasteiger partial charge in [-0.25, -0.2) is 0 Å². The van der Waals surface area contributed by atoms with Crippen LogP contribution >= 0.6 is 12.2 Å². The maximum Gasteiger partial charge on any atom is 0.260 e. The van der Waals surface area contributed by atoms with Gasteiger partial charge in [0.25, 0.3) is 5.91 Å². The van der Waals surface area contributed by atoms with E-state index in [1.54, 1.807) is 35.2 Å². The maximum absolute atomic E-state index is 13.3. The van der Waals surface area contributed by atoms with Gasteiger partial charge in [0.15, 0.2) is 5.11 Å². The predicted molar refractivity (Wildman–Crippen MR) is 141 cm³/mol. The number of nitrogens with one attached hydrogen (secondary N) is 2. The highest BCUT2D eigenvalue weighted by Gasteiger charge is 2.19. The Balaban J connectivity index is 1.65. The van der Waals surface area contributed by atoms with Crippen LogP contribution in [0.4, 0.5) is 11.4 Å². The minimum absolute atomic E-state index is 0.101. The molecule has 0 radical (unpaired) electrons. The van der Waals surface area contributed by atoms with Crippen molar-refractivity contribution in [3.05, 3.63) is 96.1 Å². The van der Waals surface area contributed by atoms with Crippen molar-refractivity contribution in [3.8, 4) is 5.75 Å². The number of thiocarbonyl (C=S) groups is 1. The summed E-state index contributed by atoms with van der Waals surface area (Å²) in [7, 11) is 0. The molecule has 0 unspecified atom stereocenters. The van der Waals surface area contributed by atoms with Gasteiger partial charge in [-0.1, -0.05) is 42.5 Å². The molecule has 174 valence electrons. The van der Waals surface area contributed by atoms with Gasteiger partial charge < -0.3 is 15.0 Å². The van der Waals surface area contributed by atoms with Crippen molar-refractivity contribution in [2.45, 2.75) is 13.8 Å². The normalized spacial score (nSPS) is 10.5. The van der Waals surface area contributed by atoms with E-state index in [4.69, 9.17) is 17.0 Å². The number of hydrogen-bond donors (Lipinski definition) is 2. The van der Waals surface area contributed by atoms with E-state index in [2.05, 4.69) is 10.6 Å². The Bertz CT molecular complexity index is 1160. The molecule has 3 aromatic carbocycles. The lowest BCUT2D eigenvalue weighted by Gasteiger charge is -2.22.